The molecule has 1 N–H and O–H groups in total. The Bertz CT molecular complexity index is 433. The number of para-hydroxylation sites is 1. The van der Waals surface area contributed by atoms with E-state index in [1.165, 1.54) is 12.7 Å². The zero-order valence-electron chi connectivity index (χ0n) is 11.5. The largest absolute Gasteiger partial charge is 0.493 e. The summed E-state index contributed by atoms with van der Waals surface area (Å²) in [5, 5.41) is 3.52. The highest BCUT2D eigenvalue weighted by Gasteiger charge is 2.26. The fourth-order valence-corrected chi connectivity index (χ4v) is 2.40. The van der Waals surface area contributed by atoms with Crippen LogP contribution in [0.4, 0.5) is 0 Å². The van der Waals surface area contributed by atoms with Crippen molar-refractivity contribution < 1.29 is 14.3 Å². The first-order valence-corrected chi connectivity index (χ1v) is 6.74. The monoisotopic (exact) mass is 263 g/mol. The average Bonchev–Trinajstić information content (AvgIpc) is 2.45. The Morgan fingerprint density at radius 2 is 2.26 bits per heavy atom. The van der Waals surface area contributed by atoms with E-state index in [1.807, 2.05) is 18.2 Å². The lowest BCUT2D eigenvalue weighted by Gasteiger charge is -2.32. The molecule has 0 aromatic heterocycles. The number of fused-ring (bicyclic) bond motifs is 1. The topological polar surface area (TPSA) is 47.6 Å². The maximum atomic E-state index is 11.1. The maximum Gasteiger partial charge on any atom is 0.305 e. The molecular formula is C15H21NO3. The van der Waals surface area contributed by atoms with E-state index in [0.717, 1.165) is 25.3 Å². The predicted octanol–water partition coefficient (Wildman–Crippen LogP) is 2.30. The fraction of sp³-hybridized carbons (Fsp3) is 0.533. The minimum absolute atomic E-state index is 0.151. The minimum atomic E-state index is -0.151. The molecule has 0 bridgehead atoms. The first kappa shape index (κ1) is 13.9. The molecule has 0 radical (unpaired) electrons. The molecule has 0 spiro atoms. The van der Waals surface area contributed by atoms with Crippen LogP contribution >= 0.6 is 0 Å². The second kappa shape index (κ2) is 6.57. The molecule has 1 aliphatic heterocycles. The van der Waals surface area contributed by atoms with Gasteiger partial charge >= 0.3 is 5.97 Å². The number of esters is 1. The van der Waals surface area contributed by atoms with Gasteiger partial charge < -0.3 is 14.8 Å². The van der Waals surface area contributed by atoms with Gasteiger partial charge in [-0.3, -0.25) is 4.79 Å². The van der Waals surface area contributed by atoms with E-state index < -0.39 is 0 Å². The maximum absolute atomic E-state index is 11.1. The number of hydrogen-bond donors (Lipinski definition) is 1. The van der Waals surface area contributed by atoms with Gasteiger partial charge in [-0.05, 0) is 19.0 Å². The van der Waals surface area contributed by atoms with Gasteiger partial charge in [0.1, 0.15) is 5.75 Å². The Morgan fingerprint density at radius 3 is 3.05 bits per heavy atom. The molecule has 104 valence electrons. The van der Waals surface area contributed by atoms with Crippen molar-refractivity contribution >= 4 is 5.97 Å². The SMILES string of the molecule is COC(=O)CCCNC1c2ccccc2OCC1C. The molecule has 1 aromatic carbocycles. The van der Waals surface area contributed by atoms with Crippen LogP contribution in [-0.4, -0.2) is 26.2 Å². The number of carbonyl (C=O) groups excluding carboxylic acids is 1. The van der Waals surface area contributed by atoms with E-state index in [1.54, 1.807) is 0 Å². The summed E-state index contributed by atoms with van der Waals surface area (Å²) in [6.07, 6.45) is 1.25. The minimum Gasteiger partial charge on any atom is -0.493 e. The highest BCUT2D eigenvalue weighted by atomic mass is 16.5. The third kappa shape index (κ3) is 3.47. The van der Waals surface area contributed by atoms with E-state index in [9.17, 15) is 4.79 Å². The normalized spacial score (nSPS) is 21.4. The smallest absolute Gasteiger partial charge is 0.305 e. The number of ether oxygens (including phenoxy) is 2. The van der Waals surface area contributed by atoms with Crippen molar-refractivity contribution in [2.45, 2.75) is 25.8 Å². The second-order valence-electron chi connectivity index (χ2n) is 4.94. The van der Waals surface area contributed by atoms with Gasteiger partial charge in [-0.2, -0.15) is 0 Å². The van der Waals surface area contributed by atoms with Crippen LogP contribution in [0.3, 0.4) is 0 Å². The molecule has 2 atom stereocenters. The number of carbonyl (C=O) groups is 1. The molecule has 0 saturated heterocycles. The van der Waals surface area contributed by atoms with Gasteiger partial charge in [0.25, 0.3) is 0 Å². The van der Waals surface area contributed by atoms with Gasteiger partial charge in [0.15, 0.2) is 0 Å². The summed E-state index contributed by atoms with van der Waals surface area (Å²) in [5.74, 6) is 1.24. The Balaban J connectivity index is 1.90. The molecule has 4 heteroatoms. The van der Waals surface area contributed by atoms with Crippen molar-refractivity contribution in [2.24, 2.45) is 5.92 Å². The third-order valence-corrected chi connectivity index (χ3v) is 3.47. The molecule has 1 aliphatic rings. The third-order valence-electron chi connectivity index (χ3n) is 3.47. The van der Waals surface area contributed by atoms with Gasteiger partial charge in [0.05, 0.1) is 13.7 Å². The standard InChI is InChI=1S/C15H21NO3/c1-11-10-19-13-7-4-3-6-12(13)15(11)16-9-5-8-14(17)18-2/h3-4,6-7,11,15-16H,5,8-10H2,1-2H3. The summed E-state index contributed by atoms with van der Waals surface area (Å²) in [6.45, 7) is 3.71. The molecule has 19 heavy (non-hydrogen) atoms. The van der Waals surface area contributed by atoms with Gasteiger partial charge in [0.2, 0.25) is 0 Å². The average molecular weight is 263 g/mol. The lowest BCUT2D eigenvalue weighted by Crippen LogP contribution is -2.34. The summed E-state index contributed by atoms with van der Waals surface area (Å²) in [6, 6.07) is 8.42. The Kier molecular flexibility index (Phi) is 4.80. The second-order valence-corrected chi connectivity index (χ2v) is 4.94. The first-order valence-electron chi connectivity index (χ1n) is 6.74. The lowest BCUT2D eigenvalue weighted by atomic mass is 9.92. The van der Waals surface area contributed by atoms with Gasteiger partial charge in [-0.1, -0.05) is 25.1 Å². The molecule has 0 aliphatic carbocycles. The van der Waals surface area contributed by atoms with Crippen LogP contribution < -0.4 is 10.1 Å². The summed E-state index contributed by atoms with van der Waals surface area (Å²) in [4.78, 5) is 11.1. The summed E-state index contributed by atoms with van der Waals surface area (Å²) in [7, 11) is 1.42. The van der Waals surface area contributed by atoms with Crippen LogP contribution in [0.5, 0.6) is 5.75 Å². The number of rotatable bonds is 5. The zero-order chi connectivity index (χ0) is 13.7. The summed E-state index contributed by atoms with van der Waals surface area (Å²) in [5.41, 5.74) is 1.21. The van der Waals surface area contributed by atoms with Crippen LogP contribution in [0, 0.1) is 5.92 Å². The van der Waals surface area contributed by atoms with E-state index in [4.69, 9.17) is 4.74 Å². The molecule has 1 aromatic rings. The van der Waals surface area contributed by atoms with Crippen LogP contribution in [-0.2, 0) is 9.53 Å². The number of hydrogen-bond acceptors (Lipinski definition) is 4. The van der Waals surface area contributed by atoms with Crippen molar-refractivity contribution in [3.63, 3.8) is 0 Å². The fourth-order valence-electron chi connectivity index (χ4n) is 2.40. The predicted molar refractivity (Wildman–Crippen MR) is 73.1 cm³/mol. The molecule has 1 heterocycles. The number of methoxy groups -OCH3 is 1. The molecular weight excluding hydrogens is 242 g/mol. The highest BCUT2D eigenvalue weighted by Crippen LogP contribution is 2.34. The van der Waals surface area contributed by atoms with Gasteiger partial charge in [-0.15, -0.1) is 0 Å². The molecule has 0 saturated carbocycles. The van der Waals surface area contributed by atoms with E-state index in [-0.39, 0.29) is 5.97 Å². The summed E-state index contributed by atoms with van der Waals surface area (Å²) >= 11 is 0. The van der Waals surface area contributed by atoms with Crippen LogP contribution in [0.2, 0.25) is 0 Å². The number of benzene rings is 1. The molecule has 2 rings (SSSR count). The number of nitrogens with one attached hydrogen (secondary N) is 1. The van der Waals surface area contributed by atoms with Crippen molar-refractivity contribution in [3.05, 3.63) is 29.8 Å². The Hall–Kier alpha value is -1.55. The quantitative estimate of drug-likeness (QED) is 0.654. The van der Waals surface area contributed by atoms with Crippen LogP contribution in [0.25, 0.3) is 0 Å². The lowest BCUT2D eigenvalue weighted by molar-refractivity contribution is -0.140. The molecule has 2 unspecified atom stereocenters. The van der Waals surface area contributed by atoms with E-state index >= 15 is 0 Å². The highest BCUT2D eigenvalue weighted by molar-refractivity contribution is 5.69. The molecule has 0 fully saturated rings. The van der Waals surface area contributed by atoms with Crippen molar-refractivity contribution in [3.8, 4) is 5.75 Å². The van der Waals surface area contributed by atoms with Gasteiger partial charge in [0, 0.05) is 23.9 Å². The van der Waals surface area contributed by atoms with E-state index in [0.29, 0.717) is 18.4 Å². The van der Waals surface area contributed by atoms with Gasteiger partial charge in [-0.25, -0.2) is 0 Å². The van der Waals surface area contributed by atoms with Crippen molar-refractivity contribution in [1.29, 1.82) is 0 Å². The van der Waals surface area contributed by atoms with Crippen molar-refractivity contribution in [1.82, 2.24) is 5.32 Å². The summed E-state index contributed by atoms with van der Waals surface area (Å²) < 4.78 is 10.3. The Morgan fingerprint density at radius 1 is 1.47 bits per heavy atom. The van der Waals surface area contributed by atoms with Crippen molar-refractivity contribution in [2.75, 3.05) is 20.3 Å². The van der Waals surface area contributed by atoms with Crippen LogP contribution in [0.1, 0.15) is 31.4 Å². The van der Waals surface area contributed by atoms with Crippen LogP contribution in [0.15, 0.2) is 24.3 Å². The molecule has 4 nitrogen and oxygen atoms in total. The Labute approximate surface area is 114 Å². The molecule has 0 amide bonds. The zero-order valence-corrected chi connectivity index (χ0v) is 11.5. The van der Waals surface area contributed by atoms with E-state index in [2.05, 4.69) is 23.0 Å². The first-order chi connectivity index (χ1) is 9.22.